The third-order valence-corrected chi connectivity index (χ3v) is 7.93. The summed E-state index contributed by atoms with van der Waals surface area (Å²) in [5.41, 5.74) is 2.91. The minimum atomic E-state index is -0.662. The van der Waals surface area contributed by atoms with Crippen molar-refractivity contribution in [3.8, 4) is 0 Å². The predicted molar refractivity (Wildman–Crippen MR) is 158 cm³/mol. The van der Waals surface area contributed by atoms with E-state index >= 15 is 0 Å². The zero-order chi connectivity index (χ0) is 28.1. The molecule has 1 atom stereocenters. The summed E-state index contributed by atoms with van der Waals surface area (Å²) in [6.45, 7) is 2.04. The maximum Gasteiger partial charge on any atom is 0.242 e. The molecule has 2 N–H and O–H groups in total. The zero-order valence-corrected chi connectivity index (χ0v) is 22.8. The van der Waals surface area contributed by atoms with Crippen LogP contribution in [0.25, 0.3) is 0 Å². The Labute approximate surface area is 237 Å². The molecular formula is C33H28N2O4S. The van der Waals surface area contributed by atoms with Gasteiger partial charge in [0.05, 0.1) is 11.3 Å². The lowest BCUT2D eigenvalue weighted by Crippen LogP contribution is -2.25. The third kappa shape index (κ3) is 5.75. The number of amides is 2. The van der Waals surface area contributed by atoms with Crippen molar-refractivity contribution in [2.75, 3.05) is 10.6 Å². The number of rotatable bonds is 9. The van der Waals surface area contributed by atoms with Crippen LogP contribution in [0.1, 0.15) is 68.8 Å². The number of carbonyl (C=O) groups excluding carboxylic acids is 4. The molecule has 0 saturated carbocycles. The van der Waals surface area contributed by atoms with Crippen molar-refractivity contribution < 1.29 is 19.2 Å². The highest BCUT2D eigenvalue weighted by Gasteiger charge is 2.32. The first-order valence-corrected chi connectivity index (χ1v) is 14.1. The van der Waals surface area contributed by atoms with Crippen molar-refractivity contribution in [1.29, 1.82) is 0 Å². The fourth-order valence-electron chi connectivity index (χ4n) is 4.69. The Bertz CT molecular complexity index is 1600. The number of carbonyl (C=O) groups is 4. The van der Waals surface area contributed by atoms with Gasteiger partial charge in [-0.1, -0.05) is 86.1 Å². The van der Waals surface area contributed by atoms with E-state index in [2.05, 4.69) is 10.6 Å². The maximum absolute atomic E-state index is 13.8. The van der Waals surface area contributed by atoms with Gasteiger partial charge in [-0.25, -0.2) is 0 Å². The third-order valence-electron chi connectivity index (χ3n) is 6.68. The van der Waals surface area contributed by atoms with E-state index in [1.165, 1.54) is 11.8 Å². The highest BCUT2D eigenvalue weighted by molar-refractivity contribution is 8.00. The molecule has 1 aliphatic rings. The van der Waals surface area contributed by atoms with Crippen LogP contribution in [-0.4, -0.2) is 23.4 Å². The van der Waals surface area contributed by atoms with Gasteiger partial charge in [-0.2, -0.15) is 0 Å². The van der Waals surface area contributed by atoms with Crippen molar-refractivity contribution in [2.45, 2.75) is 36.3 Å². The molecular weight excluding hydrogens is 520 g/mol. The molecule has 7 heteroatoms. The van der Waals surface area contributed by atoms with Gasteiger partial charge < -0.3 is 10.6 Å². The fraction of sp³-hybridized carbons (Fsp3) is 0.152. The Kier molecular flexibility index (Phi) is 8.22. The van der Waals surface area contributed by atoms with E-state index < -0.39 is 5.25 Å². The van der Waals surface area contributed by atoms with E-state index in [4.69, 9.17) is 0 Å². The summed E-state index contributed by atoms with van der Waals surface area (Å²) < 4.78 is 0. The molecule has 0 fully saturated rings. The molecule has 0 aliphatic heterocycles. The van der Waals surface area contributed by atoms with E-state index in [9.17, 15) is 19.2 Å². The van der Waals surface area contributed by atoms with Gasteiger partial charge in [-0.05, 0) is 36.2 Å². The van der Waals surface area contributed by atoms with Crippen molar-refractivity contribution in [1.82, 2.24) is 0 Å². The molecule has 4 aromatic rings. The van der Waals surface area contributed by atoms with Gasteiger partial charge in [0.2, 0.25) is 11.8 Å². The molecule has 5 rings (SSSR count). The predicted octanol–water partition coefficient (Wildman–Crippen LogP) is 7.06. The number of thioether (sulfide) groups is 1. The summed E-state index contributed by atoms with van der Waals surface area (Å²) in [7, 11) is 0. The molecule has 6 nitrogen and oxygen atoms in total. The Hall–Kier alpha value is -4.49. The summed E-state index contributed by atoms with van der Waals surface area (Å²) in [4.78, 5) is 53.5. The zero-order valence-electron chi connectivity index (χ0n) is 22.0. The largest absolute Gasteiger partial charge is 0.326 e. The van der Waals surface area contributed by atoms with Crippen LogP contribution in [-0.2, 0) is 9.59 Å². The number of unbranched alkanes of at least 4 members (excludes halogenated alkanes) is 1. The summed E-state index contributed by atoms with van der Waals surface area (Å²) >= 11 is 1.34. The van der Waals surface area contributed by atoms with E-state index in [1.807, 2.05) is 61.5 Å². The Morgan fingerprint density at radius 1 is 0.750 bits per heavy atom. The summed E-state index contributed by atoms with van der Waals surface area (Å²) in [5, 5.41) is 5.20. The van der Waals surface area contributed by atoms with Gasteiger partial charge >= 0.3 is 0 Å². The van der Waals surface area contributed by atoms with E-state index in [0.29, 0.717) is 28.9 Å². The van der Waals surface area contributed by atoms with Crippen LogP contribution in [0.2, 0.25) is 0 Å². The second-order valence-corrected chi connectivity index (χ2v) is 10.7. The molecule has 40 heavy (non-hydrogen) atoms. The number of hydrogen-bond donors (Lipinski definition) is 2. The van der Waals surface area contributed by atoms with Crippen LogP contribution >= 0.6 is 11.8 Å². The maximum atomic E-state index is 13.8. The van der Waals surface area contributed by atoms with Gasteiger partial charge in [-0.3, -0.25) is 19.2 Å². The monoisotopic (exact) mass is 548 g/mol. The highest BCUT2D eigenvalue weighted by atomic mass is 32.2. The van der Waals surface area contributed by atoms with Gasteiger partial charge in [0.25, 0.3) is 0 Å². The number of hydrogen-bond acceptors (Lipinski definition) is 5. The first kappa shape index (κ1) is 27.1. The van der Waals surface area contributed by atoms with Crippen molar-refractivity contribution in [2.24, 2.45) is 0 Å². The number of anilines is 2. The normalized spacial score (nSPS) is 12.7. The van der Waals surface area contributed by atoms with Crippen molar-refractivity contribution >= 4 is 46.5 Å². The van der Waals surface area contributed by atoms with Crippen LogP contribution in [0.4, 0.5) is 11.4 Å². The van der Waals surface area contributed by atoms with Crippen LogP contribution in [0.15, 0.2) is 102 Å². The highest BCUT2D eigenvalue weighted by Crippen LogP contribution is 2.38. The van der Waals surface area contributed by atoms with Gasteiger partial charge in [-0.15, -0.1) is 11.8 Å². The second-order valence-electron chi connectivity index (χ2n) is 9.51. The molecule has 0 heterocycles. The Morgan fingerprint density at radius 2 is 1.43 bits per heavy atom. The van der Waals surface area contributed by atoms with Crippen molar-refractivity contribution in [3.63, 3.8) is 0 Å². The summed E-state index contributed by atoms with van der Waals surface area (Å²) in [6, 6.07) is 28.4. The molecule has 0 bridgehead atoms. The Morgan fingerprint density at radius 3 is 2.17 bits per heavy atom. The summed E-state index contributed by atoms with van der Waals surface area (Å²) in [5.74, 6) is -0.915. The molecule has 0 saturated heterocycles. The average molecular weight is 549 g/mol. The number of fused-ring (bicyclic) bond motifs is 2. The molecule has 1 aliphatic carbocycles. The topological polar surface area (TPSA) is 92.3 Å². The minimum absolute atomic E-state index is 0.0454. The van der Waals surface area contributed by atoms with Crippen LogP contribution in [0.3, 0.4) is 0 Å². The smallest absolute Gasteiger partial charge is 0.242 e. The van der Waals surface area contributed by atoms with Crippen LogP contribution in [0.5, 0.6) is 0 Å². The van der Waals surface area contributed by atoms with Crippen LogP contribution < -0.4 is 10.6 Å². The van der Waals surface area contributed by atoms with Crippen LogP contribution in [0, 0.1) is 0 Å². The van der Waals surface area contributed by atoms with E-state index in [-0.39, 0.29) is 34.5 Å². The number of ketones is 2. The number of nitrogens with one attached hydrogen (secondary N) is 2. The summed E-state index contributed by atoms with van der Waals surface area (Å²) in [6.07, 6.45) is 2.21. The molecule has 0 radical (unpaired) electrons. The second kappa shape index (κ2) is 12.1. The van der Waals surface area contributed by atoms with Gasteiger partial charge in [0.15, 0.2) is 11.6 Å². The molecule has 2 amide bonds. The minimum Gasteiger partial charge on any atom is -0.326 e. The first-order valence-electron chi connectivity index (χ1n) is 13.2. The lowest BCUT2D eigenvalue weighted by atomic mass is 9.83. The lowest BCUT2D eigenvalue weighted by Gasteiger charge is -2.22. The molecule has 4 aromatic carbocycles. The lowest BCUT2D eigenvalue weighted by molar-refractivity contribution is -0.116. The quantitative estimate of drug-likeness (QED) is 0.192. The molecule has 200 valence electrons. The average Bonchev–Trinajstić information content (AvgIpc) is 2.98. The number of benzene rings is 4. The van der Waals surface area contributed by atoms with E-state index in [1.54, 1.807) is 42.5 Å². The molecule has 1 unspecified atom stereocenters. The standard InChI is InChI=1S/C33H28N2O4S/c1-2-3-19-28(36)34-22-13-9-14-23(20-22)40-32(21-11-5-4-6-12-21)33(39)35-27-18-10-17-26-29(27)31(38)25-16-8-7-15-24(25)30(26)37/h4-18,20,32H,2-3,19H2,1H3,(H,34,36)(H,35,39). The van der Waals surface area contributed by atoms with E-state index in [0.717, 1.165) is 23.3 Å². The fourth-order valence-corrected chi connectivity index (χ4v) is 5.78. The molecule has 0 spiro atoms. The van der Waals surface area contributed by atoms with Gasteiger partial charge in [0.1, 0.15) is 5.25 Å². The van der Waals surface area contributed by atoms with Crippen molar-refractivity contribution in [3.05, 3.63) is 125 Å². The first-order chi connectivity index (χ1) is 19.5. The molecule has 0 aromatic heterocycles. The Balaban J connectivity index is 1.43. The van der Waals surface area contributed by atoms with Gasteiger partial charge in [0, 0.05) is 33.7 Å². The SMILES string of the molecule is CCCCC(=O)Nc1cccc(SC(C(=O)Nc2cccc3c2C(=O)c2ccccc2C3=O)c2ccccc2)c1.